The highest BCUT2D eigenvalue weighted by molar-refractivity contribution is 5.43. The van der Waals surface area contributed by atoms with E-state index in [0.717, 1.165) is 24.5 Å². The Kier molecular flexibility index (Phi) is 7.30. The van der Waals surface area contributed by atoms with Crippen molar-refractivity contribution in [3.05, 3.63) is 23.8 Å². The number of benzene rings is 1. The van der Waals surface area contributed by atoms with Gasteiger partial charge >= 0.3 is 0 Å². The van der Waals surface area contributed by atoms with Gasteiger partial charge < -0.3 is 19.5 Å². The second-order valence-electron chi connectivity index (χ2n) is 4.43. The van der Waals surface area contributed by atoms with Crippen molar-refractivity contribution in [2.45, 2.75) is 26.3 Å². The van der Waals surface area contributed by atoms with Crippen molar-refractivity contribution in [1.29, 1.82) is 0 Å². The molecule has 108 valence electrons. The van der Waals surface area contributed by atoms with Gasteiger partial charge in [0.25, 0.3) is 0 Å². The highest BCUT2D eigenvalue weighted by atomic mass is 16.5. The third kappa shape index (κ3) is 5.09. The maximum absolute atomic E-state index is 5.61. The Labute approximate surface area is 116 Å². The van der Waals surface area contributed by atoms with Crippen LogP contribution in [0, 0.1) is 0 Å². The average Bonchev–Trinajstić information content (AvgIpc) is 2.45. The minimum atomic E-state index is 0.307. The van der Waals surface area contributed by atoms with Crippen LogP contribution in [0.1, 0.15) is 31.9 Å². The number of hydrogen-bond donors (Lipinski definition) is 1. The molecule has 1 N–H and O–H groups in total. The van der Waals surface area contributed by atoms with E-state index in [1.807, 2.05) is 12.1 Å². The second kappa shape index (κ2) is 8.77. The molecule has 0 fully saturated rings. The first kappa shape index (κ1) is 15.8. The molecule has 0 heterocycles. The number of ether oxygens (including phenoxy) is 3. The van der Waals surface area contributed by atoms with E-state index in [0.29, 0.717) is 19.3 Å². The molecule has 19 heavy (non-hydrogen) atoms. The zero-order valence-electron chi connectivity index (χ0n) is 12.4. The fourth-order valence-corrected chi connectivity index (χ4v) is 1.79. The summed E-state index contributed by atoms with van der Waals surface area (Å²) < 4.78 is 16.0. The van der Waals surface area contributed by atoms with Crippen molar-refractivity contribution >= 4 is 0 Å². The number of nitrogens with one attached hydrogen (secondary N) is 1. The Morgan fingerprint density at radius 1 is 1.16 bits per heavy atom. The molecule has 0 aromatic heterocycles. The van der Waals surface area contributed by atoms with Crippen molar-refractivity contribution in [1.82, 2.24) is 5.32 Å². The van der Waals surface area contributed by atoms with Crippen molar-refractivity contribution in [2.75, 3.05) is 34.0 Å². The summed E-state index contributed by atoms with van der Waals surface area (Å²) in [6.07, 6.45) is 1.12. The van der Waals surface area contributed by atoms with Gasteiger partial charge in [-0.2, -0.15) is 0 Å². The van der Waals surface area contributed by atoms with Crippen LogP contribution in [0.15, 0.2) is 18.2 Å². The first-order valence-corrected chi connectivity index (χ1v) is 6.76. The molecule has 0 radical (unpaired) electrons. The molecule has 0 aliphatic rings. The predicted molar refractivity (Wildman–Crippen MR) is 77.1 cm³/mol. The van der Waals surface area contributed by atoms with Gasteiger partial charge in [-0.1, -0.05) is 13.0 Å². The summed E-state index contributed by atoms with van der Waals surface area (Å²) in [6.45, 7) is 6.41. The minimum absolute atomic E-state index is 0.307. The topological polar surface area (TPSA) is 39.7 Å². The summed E-state index contributed by atoms with van der Waals surface area (Å²) in [7, 11) is 3.32. The van der Waals surface area contributed by atoms with Gasteiger partial charge in [-0.25, -0.2) is 0 Å². The lowest BCUT2D eigenvalue weighted by Gasteiger charge is -2.16. The lowest BCUT2D eigenvalue weighted by Crippen LogP contribution is -2.19. The molecule has 4 nitrogen and oxygen atoms in total. The van der Waals surface area contributed by atoms with Gasteiger partial charge in [0, 0.05) is 13.2 Å². The van der Waals surface area contributed by atoms with E-state index < -0.39 is 0 Å². The number of methoxy groups -OCH3 is 2. The number of hydrogen-bond acceptors (Lipinski definition) is 4. The van der Waals surface area contributed by atoms with E-state index in [4.69, 9.17) is 14.2 Å². The third-order valence-electron chi connectivity index (χ3n) is 2.93. The van der Waals surface area contributed by atoms with Crippen molar-refractivity contribution in [3.63, 3.8) is 0 Å². The molecule has 0 bridgehead atoms. The van der Waals surface area contributed by atoms with Crippen LogP contribution >= 0.6 is 0 Å². The highest BCUT2D eigenvalue weighted by Gasteiger charge is 2.10. The molecule has 0 spiro atoms. The van der Waals surface area contributed by atoms with E-state index in [9.17, 15) is 0 Å². The largest absolute Gasteiger partial charge is 0.493 e. The fraction of sp³-hybridized carbons (Fsp3) is 0.600. The van der Waals surface area contributed by atoms with Gasteiger partial charge in [0.15, 0.2) is 11.5 Å². The van der Waals surface area contributed by atoms with Crippen LogP contribution in [0.2, 0.25) is 0 Å². The van der Waals surface area contributed by atoms with Crippen molar-refractivity contribution in [3.8, 4) is 11.5 Å². The number of rotatable bonds is 9. The molecule has 0 aliphatic heterocycles. The predicted octanol–water partition coefficient (Wildman–Crippen LogP) is 2.78. The molecule has 1 atom stereocenters. The lowest BCUT2D eigenvalue weighted by atomic mass is 10.1. The van der Waals surface area contributed by atoms with Crippen molar-refractivity contribution in [2.24, 2.45) is 0 Å². The molecule has 1 unspecified atom stereocenters. The molecule has 0 saturated heterocycles. The van der Waals surface area contributed by atoms with E-state index in [2.05, 4.69) is 25.2 Å². The Hall–Kier alpha value is -1.26. The summed E-state index contributed by atoms with van der Waals surface area (Å²) >= 11 is 0. The highest BCUT2D eigenvalue weighted by Crippen LogP contribution is 2.30. The zero-order chi connectivity index (χ0) is 14.1. The zero-order valence-corrected chi connectivity index (χ0v) is 12.4. The summed E-state index contributed by atoms with van der Waals surface area (Å²) in [5.74, 6) is 1.52. The molecule has 1 aromatic rings. The average molecular weight is 267 g/mol. The van der Waals surface area contributed by atoms with E-state index in [1.165, 1.54) is 5.56 Å². The quantitative estimate of drug-likeness (QED) is 0.698. The SMILES string of the molecule is CCCNC(C)c1ccc(OCCOC)c(OC)c1. The van der Waals surface area contributed by atoms with Gasteiger partial charge in [0.2, 0.25) is 0 Å². The smallest absolute Gasteiger partial charge is 0.161 e. The van der Waals surface area contributed by atoms with Crippen molar-refractivity contribution < 1.29 is 14.2 Å². The van der Waals surface area contributed by atoms with E-state index in [1.54, 1.807) is 14.2 Å². The van der Waals surface area contributed by atoms with Gasteiger partial charge in [-0.05, 0) is 37.6 Å². The molecular formula is C15H25NO3. The van der Waals surface area contributed by atoms with Gasteiger partial charge in [-0.3, -0.25) is 0 Å². The van der Waals surface area contributed by atoms with Crippen LogP contribution in [0.25, 0.3) is 0 Å². The van der Waals surface area contributed by atoms with Crippen LogP contribution in [-0.2, 0) is 4.74 Å². The van der Waals surface area contributed by atoms with Crippen LogP contribution in [0.5, 0.6) is 11.5 Å². The molecule has 0 aliphatic carbocycles. The maximum atomic E-state index is 5.61. The molecule has 4 heteroatoms. The Morgan fingerprint density at radius 3 is 2.58 bits per heavy atom. The summed E-state index contributed by atoms with van der Waals surface area (Å²) in [5, 5.41) is 3.46. The van der Waals surface area contributed by atoms with Crippen LogP contribution in [0.3, 0.4) is 0 Å². The summed E-state index contributed by atoms with van der Waals surface area (Å²) in [4.78, 5) is 0. The first-order chi connectivity index (χ1) is 9.22. The molecule has 1 aromatic carbocycles. The second-order valence-corrected chi connectivity index (χ2v) is 4.43. The Bertz CT molecular complexity index is 368. The molecular weight excluding hydrogens is 242 g/mol. The third-order valence-corrected chi connectivity index (χ3v) is 2.93. The first-order valence-electron chi connectivity index (χ1n) is 6.76. The Morgan fingerprint density at radius 2 is 1.95 bits per heavy atom. The summed E-state index contributed by atoms with van der Waals surface area (Å²) in [5.41, 5.74) is 1.20. The van der Waals surface area contributed by atoms with Gasteiger partial charge in [0.1, 0.15) is 6.61 Å². The monoisotopic (exact) mass is 267 g/mol. The Balaban J connectivity index is 2.71. The minimum Gasteiger partial charge on any atom is -0.493 e. The van der Waals surface area contributed by atoms with Gasteiger partial charge in [0.05, 0.1) is 13.7 Å². The standard InChI is InChI=1S/C15H25NO3/c1-5-8-16-12(2)13-6-7-14(15(11-13)18-4)19-10-9-17-3/h6-7,11-12,16H,5,8-10H2,1-4H3. The van der Waals surface area contributed by atoms with E-state index >= 15 is 0 Å². The maximum Gasteiger partial charge on any atom is 0.161 e. The van der Waals surface area contributed by atoms with Gasteiger partial charge in [-0.15, -0.1) is 0 Å². The van der Waals surface area contributed by atoms with Crippen LogP contribution < -0.4 is 14.8 Å². The fourth-order valence-electron chi connectivity index (χ4n) is 1.79. The van der Waals surface area contributed by atoms with Crippen LogP contribution in [-0.4, -0.2) is 34.0 Å². The normalized spacial score (nSPS) is 12.2. The summed E-state index contributed by atoms with van der Waals surface area (Å²) in [6, 6.07) is 6.35. The molecule has 0 amide bonds. The molecule has 1 rings (SSSR count). The lowest BCUT2D eigenvalue weighted by molar-refractivity contribution is 0.144. The van der Waals surface area contributed by atoms with Crippen LogP contribution in [0.4, 0.5) is 0 Å². The molecule has 0 saturated carbocycles. The van der Waals surface area contributed by atoms with E-state index in [-0.39, 0.29) is 0 Å².